The molecule has 0 aromatic carbocycles. The van der Waals surface area contributed by atoms with Crippen LogP contribution in [0.2, 0.25) is 0 Å². The lowest BCUT2D eigenvalue weighted by molar-refractivity contribution is -0.00862. The number of hydrogen-bond donors (Lipinski definition) is 1. The first-order valence-corrected chi connectivity index (χ1v) is 10.4. The number of carbonyl (C=O) groups is 1. The Morgan fingerprint density at radius 3 is 2.68 bits per heavy atom. The Hall–Kier alpha value is -3.26. The minimum absolute atomic E-state index is 0.136. The van der Waals surface area contributed by atoms with Crippen LogP contribution in [0.25, 0.3) is 11.3 Å². The molecule has 1 amide bonds. The van der Waals surface area contributed by atoms with Crippen LogP contribution in [0.15, 0.2) is 41.2 Å². The van der Waals surface area contributed by atoms with Crippen LogP contribution in [0.5, 0.6) is 5.88 Å². The quantitative estimate of drug-likeness (QED) is 0.592. The Labute approximate surface area is 181 Å². The molecule has 1 aliphatic rings. The van der Waals surface area contributed by atoms with Crippen molar-refractivity contribution in [2.75, 3.05) is 6.61 Å². The lowest BCUT2D eigenvalue weighted by Gasteiger charge is -2.35. The summed E-state index contributed by atoms with van der Waals surface area (Å²) in [5.74, 6) is 0.964. The molecule has 3 aromatic rings. The van der Waals surface area contributed by atoms with E-state index in [9.17, 15) is 4.79 Å². The lowest BCUT2D eigenvalue weighted by atomic mass is 9.89. The highest BCUT2D eigenvalue weighted by molar-refractivity contribution is 5.94. The second-order valence-corrected chi connectivity index (χ2v) is 7.65. The van der Waals surface area contributed by atoms with Gasteiger partial charge in [0.2, 0.25) is 5.88 Å². The zero-order valence-electron chi connectivity index (χ0n) is 17.9. The topological polar surface area (TPSA) is 99.4 Å². The molecule has 0 bridgehead atoms. The van der Waals surface area contributed by atoms with E-state index in [4.69, 9.17) is 14.0 Å². The van der Waals surface area contributed by atoms with E-state index in [0.29, 0.717) is 29.5 Å². The molecule has 0 unspecified atom stereocenters. The number of rotatable bonds is 8. The molecule has 0 radical (unpaired) electrons. The molecular weight excluding hydrogens is 396 g/mol. The molecule has 1 aliphatic carbocycles. The summed E-state index contributed by atoms with van der Waals surface area (Å²) < 4.78 is 16.7. The fourth-order valence-electron chi connectivity index (χ4n) is 3.47. The van der Waals surface area contributed by atoms with Gasteiger partial charge in [-0.25, -0.2) is 4.98 Å². The molecule has 1 N–H and O–H groups in total. The number of amides is 1. The van der Waals surface area contributed by atoms with Crippen molar-refractivity contribution < 1.29 is 18.8 Å². The Balaban J connectivity index is 1.34. The average molecular weight is 422 g/mol. The summed E-state index contributed by atoms with van der Waals surface area (Å²) in [6, 6.07) is 7.44. The Morgan fingerprint density at radius 1 is 1.16 bits per heavy atom. The summed E-state index contributed by atoms with van der Waals surface area (Å²) in [6.07, 6.45) is 5.25. The van der Waals surface area contributed by atoms with E-state index in [-0.39, 0.29) is 24.7 Å². The van der Waals surface area contributed by atoms with E-state index < -0.39 is 0 Å². The van der Waals surface area contributed by atoms with Crippen molar-refractivity contribution in [2.24, 2.45) is 0 Å². The first-order chi connectivity index (χ1) is 15.0. The van der Waals surface area contributed by atoms with Gasteiger partial charge in [0.05, 0.1) is 17.2 Å². The van der Waals surface area contributed by atoms with Crippen LogP contribution in [0, 0.1) is 13.8 Å². The summed E-state index contributed by atoms with van der Waals surface area (Å²) in [6.45, 7) is 6.70. The van der Waals surface area contributed by atoms with Crippen LogP contribution in [0.4, 0.5) is 0 Å². The highest BCUT2D eigenvalue weighted by Crippen LogP contribution is 2.26. The summed E-state index contributed by atoms with van der Waals surface area (Å²) >= 11 is 0. The average Bonchev–Trinajstić information content (AvgIpc) is 3.12. The van der Waals surface area contributed by atoms with Crippen LogP contribution in [-0.4, -0.2) is 39.8 Å². The molecular formula is C23H26N4O4. The zero-order chi connectivity index (χ0) is 21.8. The Bertz CT molecular complexity index is 1020. The fourth-order valence-corrected chi connectivity index (χ4v) is 3.47. The van der Waals surface area contributed by atoms with Crippen LogP contribution in [-0.2, 0) is 11.3 Å². The van der Waals surface area contributed by atoms with Crippen molar-refractivity contribution >= 4 is 5.91 Å². The smallest absolute Gasteiger partial charge is 0.253 e. The number of nitrogens with one attached hydrogen (secondary N) is 1. The second kappa shape index (κ2) is 9.26. The number of aryl methyl sites for hydroxylation is 2. The summed E-state index contributed by atoms with van der Waals surface area (Å²) in [7, 11) is 0. The third-order valence-corrected chi connectivity index (χ3v) is 5.36. The third kappa shape index (κ3) is 4.91. The van der Waals surface area contributed by atoms with Crippen molar-refractivity contribution in [1.82, 2.24) is 20.4 Å². The van der Waals surface area contributed by atoms with Gasteiger partial charge in [-0.1, -0.05) is 5.16 Å². The van der Waals surface area contributed by atoms with Crippen molar-refractivity contribution in [3.8, 4) is 17.1 Å². The monoisotopic (exact) mass is 422 g/mol. The molecule has 1 saturated carbocycles. The minimum atomic E-state index is -0.136. The molecule has 3 heterocycles. The van der Waals surface area contributed by atoms with Gasteiger partial charge in [0.15, 0.2) is 0 Å². The number of carbonyl (C=O) groups excluding carboxylic acids is 1. The number of aromatic nitrogens is 3. The molecule has 0 atom stereocenters. The summed E-state index contributed by atoms with van der Waals surface area (Å²) in [4.78, 5) is 21.0. The van der Waals surface area contributed by atoms with E-state index in [1.807, 2.05) is 32.9 Å². The van der Waals surface area contributed by atoms with Gasteiger partial charge in [-0.3, -0.25) is 9.78 Å². The normalized spacial score (nSPS) is 17.8. The molecule has 4 rings (SSSR count). The maximum atomic E-state index is 12.4. The maximum Gasteiger partial charge on any atom is 0.253 e. The van der Waals surface area contributed by atoms with E-state index in [0.717, 1.165) is 29.7 Å². The fraction of sp³-hybridized carbons (Fsp3) is 0.391. The SMILES string of the molecule is CCO[C@H]1C[C@H](NC(=O)c2ccc(OCc3c(-c4ccc(C)nc4)noc3C)nc2)C1. The van der Waals surface area contributed by atoms with Crippen molar-refractivity contribution in [1.29, 1.82) is 0 Å². The van der Waals surface area contributed by atoms with Crippen molar-refractivity contribution in [3.05, 3.63) is 59.2 Å². The first-order valence-electron chi connectivity index (χ1n) is 10.4. The predicted molar refractivity (Wildman–Crippen MR) is 114 cm³/mol. The van der Waals surface area contributed by atoms with Gasteiger partial charge < -0.3 is 19.3 Å². The molecule has 8 nitrogen and oxygen atoms in total. The predicted octanol–water partition coefficient (Wildman–Crippen LogP) is 3.62. The van der Waals surface area contributed by atoms with E-state index in [1.54, 1.807) is 18.3 Å². The number of nitrogens with zero attached hydrogens (tertiary/aromatic N) is 3. The molecule has 3 aromatic heterocycles. The Morgan fingerprint density at radius 2 is 2.00 bits per heavy atom. The summed E-state index contributed by atoms with van der Waals surface area (Å²) in [5.41, 5.74) is 3.83. The zero-order valence-corrected chi connectivity index (χ0v) is 17.9. The largest absolute Gasteiger partial charge is 0.473 e. The highest BCUT2D eigenvalue weighted by Gasteiger charge is 2.30. The van der Waals surface area contributed by atoms with Crippen LogP contribution < -0.4 is 10.1 Å². The molecule has 0 spiro atoms. The molecule has 162 valence electrons. The highest BCUT2D eigenvalue weighted by atomic mass is 16.5. The van der Waals surface area contributed by atoms with Crippen LogP contribution in [0.1, 0.15) is 47.1 Å². The van der Waals surface area contributed by atoms with Crippen molar-refractivity contribution in [3.63, 3.8) is 0 Å². The first kappa shape index (κ1) is 21.0. The third-order valence-electron chi connectivity index (χ3n) is 5.36. The number of ether oxygens (including phenoxy) is 2. The second-order valence-electron chi connectivity index (χ2n) is 7.65. The molecule has 0 aliphatic heterocycles. The molecule has 1 fully saturated rings. The van der Waals surface area contributed by atoms with Crippen LogP contribution >= 0.6 is 0 Å². The van der Waals surface area contributed by atoms with E-state index >= 15 is 0 Å². The van der Waals surface area contributed by atoms with E-state index in [2.05, 4.69) is 20.4 Å². The van der Waals surface area contributed by atoms with Gasteiger partial charge in [0, 0.05) is 42.4 Å². The van der Waals surface area contributed by atoms with Crippen LogP contribution in [0.3, 0.4) is 0 Å². The summed E-state index contributed by atoms with van der Waals surface area (Å²) in [5, 5.41) is 7.15. The van der Waals surface area contributed by atoms with Crippen molar-refractivity contribution in [2.45, 2.75) is 52.4 Å². The molecule has 31 heavy (non-hydrogen) atoms. The van der Waals surface area contributed by atoms with Gasteiger partial charge in [0.25, 0.3) is 5.91 Å². The molecule has 8 heteroatoms. The van der Waals surface area contributed by atoms with E-state index in [1.165, 1.54) is 6.20 Å². The van der Waals surface area contributed by atoms with Gasteiger partial charge in [-0.05, 0) is 51.8 Å². The number of hydrogen-bond acceptors (Lipinski definition) is 7. The van der Waals surface area contributed by atoms with Gasteiger partial charge in [-0.2, -0.15) is 0 Å². The molecule has 0 saturated heterocycles. The lowest BCUT2D eigenvalue weighted by Crippen LogP contribution is -2.47. The minimum Gasteiger partial charge on any atom is -0.473 e. The van der Waals surface area contributed by atoms with Gasteiger partial charge in [0.1, 0.15) is 18.1 Å². The van der Waals surface area contributed by atoms with Gasteiger partial charge >= 0.3 is 0 Å². The standard InChI is InChI=1S/C23H26N4O4/c1-4-29-19-9-18(10-19)26-23(28)17-7-8-21(25-12-17)30-13-20-15(3)31-27-22(20)16-6-5-14(2)24-11-16/h5-8,11-12,18-19H,4,9-10,13H2,1-3H3,(H,26,28)/t18-,19-. The number of pyridine rings is 2. The maximum absolute atomic E-state index is 12.4. The van der Waals surface area contributed by atoms with Gasteiger partial charge in [-0.15, -0.1) is 0 Å². The Kier molecular flexibility index (Phi) is 6.27.